The van der Waals surface area contributed by atoms with E-state index in [4.69, 9.17) is 9.15 Å². The van der Waals surface area contributed by atoms with Crippen LogP contribution in [-0.4, -0.2) is 20.0 Å². The molecule has 0 aliphatic carbocycles. The molecule has 0 atom stereocenters. The number of hydrogen-bond donors (Lipinski definition) is 0. The summed E-state index contributed by atoms with van der Waals surface area (Å²) in [5, 5.41) is 13.3. The van der Waals surface area contributed by atoms with Gasteiger partial charge in [0.1, 0.15) is 5.75 Å². The molecule has 0 aliphatic heterocycles. The smallest absolute Gasteiger partial charge is 0.416 e. The average Bonchev–Trinajstić information content (AvgIpc) is 3.21. The summed E-state index contributed by atoms with van der Waals surface area (Å²) in [6.45, 7) is 3.29. The zero-order valence-corrected chi connectivity index (χ0v) is 16.8. The number of benzene rings is 2. The van der Waals surface area contributed by atoms with Crippen LogP contribution in [0.5, 0.6) is 5.75 Å². The lowest BCUT2D eigenvalue weighted by Crippen LogP contribution is -2.25. The molecule has 31 heavy (non-hydrogen) atoms. The van der Waals surface area contributed by atoms with E-state index in [1.54, 1.807) is 38.1 Å². The number of aromatic nitrogens is 4. The van der Waals surface area contributed by atoms with Crippen molar-refractivity contribution >= 4 is 10.8 Å². The van der Waals surface area contributed by atoms with Gasteiger partial charge in [0.25, 0.3) is 17.3 Å². The number of aryl methyl sites for hydroxylation is 1. The average molecular weight is 430 g/mol. The van der Waals surface area contributed by atoms with E-state index < -0.39 is 17.3 Å². The first-order valence-corrected chi connectivity index (χ1v) is 9.23. The standard InChI is InChI=1S/C21H17F3N4O3/c1-20(2,31-13-10-8-12(9-11-13)21(22,23)24)19-26-25-17(30-19)16-14-6-4-5-7-15(14)18(29)28(3)27-16/h4-11H,1-3H3. The molecule has 0 bridgehead atoms. The predicted octanol–water partition coefficient (Wildman–Crippen LogP) is 4.32. The van der Waals surface area contributed by atoms with Gasteiger partial charge in [-0.25, -0.2) is 4.68 Å². The Morgan fingerprint density at radius 3 is 2.26 bits per heavy atom. The summed E-state index contributed by atoms with van der Waals surface area (Å²) in [6, 6.07) is 11.2. The van der Waals surface area contributed by atoms with Crippen molar-refractivity contribution in [2.75, 3.05) is 0 Å². The van der Waals surface area contributed by atoms with Crippen molar-refractivity contribution in [2.24, 2.45) is 7.05 Å². The van der Waals surface area contributed by atoms with Gasteiger partial charge in [-0.2, -0.15) is 18.3 Å². The molecule has 0 radical (unpaired) electrons. The largest absolute Gasteiger partial charge is 0.478 e. The van der Waals surface area contributed by atoms with Crippen LogP contribution in [-0.2, 0) is 18.8 Å². The fourth-order valence-electron chi connectivity index (χ4n) is 3.07. The molecule has 0 spiro atoms. The first-order chi connectivity index (χ1) is 14.6. The summed E-state index contributed by atoms with van der Waals surface area (Å²) in [6.07, 6.45) is -4.43. The molecular formula is C21H17F3N4O3. The molecule has 10 heteroatoms. The van der Waals surface area contributed by atoms with Crippen molar-refractivity contribution in [3.05, 3.63) is 70.3 Å². The van der Waals surface area contributed by atoms with Crippen LogP contribution in [0.4, 0.5) is 13.2 Å². The molecule has 2 aromatic carbocycles. The van der Waals surface area contributed by atoms with E-state index in [1.165, 1.54) is 23.9 Å². The molecule has 0 fully saturated rings. The highest BCUT2D eigenvalue weighted by Gasteiger charge is 2.33. The first kappa shape index (κ1) is 20.6. The van der Waals surface area contributed by atoms with Crippen molar-refractivity contribution in [3.63, 3.8) is 0 Å². The number of hydrogen-bond acceptors (Lipinski definition) is 6. The third kappa shape index (κ3) is 3.88. The zero-order chi connectivity index (χ0) is 22.4. The Kier molecular flexibility index (Phi) is 4.79. The Hall–Kier alpha value is -3.69. The predicted molar refractivity (Wildman–Crippen MR) is 105 cm³/mol. The quantitative estimate of drug-likeness (QED) is 0.480. The molecule has 0 unspecified atom stereocenters. The molecule has 4 aromatic rings. The lowest BCUT2D eigenvalue weighted by Gasteiger charge is -2.22. The van der Waals surface area contributed by atoms with E-state index >= 15 is 0 Å². The van der Waals surface area contributed by atoms with Gasteiger partial charge in [-0.1, -0.05) is 18.2 Å². The summed E-state index contributed by atoms with van der Waals surface area (Å²) in [7, 11) is 1.52. The fraction of sp³-hybridized carbons (Fsp3) is 0.238. The second kappa shape index (κ2) is 7.22. The van der Waals surface area contributed by atoms with Crippen LogP contribution in [0, 0.1) is 0 Å². The molecular weight excluding hydrogens is 413 g/mol. The van der Waals surface area contributed by atoms with Gasteiger partial charge >= 0.3 is 6.18 Å². The molecule has 2 aromatic heterocycles. The minimum atomic E-state index is -4.43. The van der Waals surface area contributed by atoms with Gasteiger partial charge in [0, 0.05) is 12.4 Å². The van der Waals surface area contributed by atoms with Gasteiger partial charge in [0.15, 0.2) is 11.3 Å². The van der Waals surface area contributed by atoms with Crippen molar-refractivity contribution in [1.29, 1.82) is 0 Å². The molecule has 0 amide bonds. The highest BCUT2D eigenvalue weighted by atomic mass is 19.4. The van der Waals surface area contributed by atoms with Gasteiger partial charge in [-0.15, -0.1) is 10.2 Å². The van der Waals surface area contributed by atoms with E-state index in [0.29, 0.717) is 16.5 Å². The van der Waals surface area contributed by atoms with Crippen molar-refractivity contribution in [1.82, 2.24) is 20.0 Å². The highest BCUT2D eigenvalue weighted by Crippen LogP contribution is 2.33. The van der Waals surface area contributed by atoms with Gasteiger partial charge in [-0.3, -0.25) is 4.79 Å². The third-order valence-corrected chi connectivity index (χ3v) is 4.65. The third-order valence-electron chi connectivity index (χ3n) is 4.65. The summed E-state index contributed by atoms with van der Waals surface area (Å²) in [5.41, 5.74) is -1.83. The second-order valence-electron chi connectivity index (χ2n) is 7.37. The lowest BCUT2D eigenvalue weighted by atomic mass is 10.1. The van der Waals surface area contributed by atoms with Crippen molar-refractivity contribution in [3.8, 4) is 17.3 Å². The van der Waals surface area contributed by atoms with Gasteiger partial charge in [-0.05, 0) is 44.2 Å². The normalized spacial score (nSPS) is 12.3. The molecule has 0 saturated carbocycles. The lowest BCUT2D eigenvalue weighted by molar-refractivity contribution is -0.137. The van der Waals surface area contributed by atoms with Crippen LogP contribution < -0.4 is 10.3 Å². The molecule has 0 N–H and O–H groups in total. The van der Waals surface area contributed by atoms with Crippen molar-refractivity contribution in [2.45, 2.75) is 25.6 Å². The van der Waals surface area contributed by atoms with Crippen LogP contribution >= 0.6 is 0 Å². The zero-order valence-electron chi connectivity index (χ0n) is 16.8. The molecule has 2 heterocycles. The maximum atomic E-state index is 12.7. The molecule has 0 aliphatic rings. The Bertz CT molecular complexity index is 1310. The number of halogens is 3. The van der Waals surface area contributed by atoms with E-state index in [9.17, 15) is 18.0 Å². The molecule has 0 saturated heterocycles. The van der Waals surface area contributed by atoms with Crippen LogP contribution in [0.15, 0.2) is 57.7 Å². The Morgan fingerprint density at radius 2 is 1.61 bits per heavy atom. The summed E-state index contributed by atoms with van der Waals surface area (Å²) < 4.78 is 51.0. The SMILES string of the molecule is Cn1nc(-c2nnc(C(C)(C)Oc3ccc(C(F)(F)F)cc3)o2)c2ccccc2c1=O. The van der Waals surface area contributed by atoms with Crippen LogP contribution in [0.25, 0.3) is 22.4 Å². The summed E-state index contributed by atoms with van der Waals surface area (Å²) >= 11 is 0. The summed E-state index contributed by atoms with van der Waals surface area (Å²) in [4.78, 5) is 12.3. The number of ether oxygens (including phenoxy) is 1. The number of alkyl halides is 3. The maximum Gasteiger partial charge on any atom is 0.416 e. The van der Waals surface area contributed by atoms with E-state index in [0.717, 1.165) is 12.1 Å². The monoisotopic (exact) mass is 430 g/mol. The van der Waals surface area contributed by atoms with Gasteiger partial charge in [0.05, 0.1) is 10.9 Å². The second-order valence-corrected chi connectivity index (χ2v) is 7.37. The van der Waals surface area contributed by atoms with E-state index in [1.807, 2.05) is 0 Å². The highest BCUT2D eigenvalue weighted by molar-refractivity contribution is 5.91. The minimum absolute atomic E-state index is 0.0888. The molecule has 160 valence electrons. The molecule has 4 rings (SSSR count). The molecule has 7 nitrogen and oxygen atoms in total. The number of nitrogens with zero attached hydrogens (tertiary/aromatic N) is 4. The van der Waals surface area contributed by atoms with E-state index in [2.05, 4.69) is 15.3 Å². The van der Waals surface area contributed by atoms with Crippen molar-refractivity contribution < 1.29 is 22.3 Å². The first-order valence-electron chi connectivity index (χ1n) is 9.23. The fourth-order valence-corrected chi connectivity index (χ4v) is 3.07. The Morgan fingerprint density at radius 1 is 0.968 bits per heavy atom. The Balaban J connectivity index is 1.66. The maximum absolute atomic E-state index is 12.7. The van der Waals surface area contributed by atoms with Gasteiger partial charge in [0.2, 0.25) is 0 Å². The topological polar surface area (TPSA) is 83.0 Å². The number of rotatable bonds is 4. The Labute approximate surface area is 174 Å². The minimum Gasteiger partial charge on any atom is -0.478 e. The van der Waals surface area contributed by atoms with E-state index in [-0.39, 0.29) is 23.1 Å². The van der Waals surface area contributed by atoms with Crippen LogP contribution in [0.2, 0.25) is 0 Å². The van der Waals surface area contributed by atoms with Crippen LogP contribution in [0.3, 0.4) is 0 Å². The summed E-state index contributed by atoms with van der Waals surface area (Å²) in [5.74, 6) is 0.399. The van der Waals surface area contributed by atoms with Crippen LogP contribution in [0.1, 0.15) is 25.3 Å². The van der Waals surface area contributed by atoms with Gasteiger partial charge < -0.3 is 9.15 Å². The number of fused-ring (bicyclic) bond motifs is 1.